The first kappa shape index (κ1) is 16.0. The number of fused-ring (bicyclic) bond motifs is 1. The fourth-order valence-electron chi connectivity index (χ4n) is 2.83. The standard InChI is InChI=1S/C19H21ClN2O/c1-2-3-4-19-21-17-10-7-15(20)13-18(17)22(19)16-8-5-14(6-9-16)11-12-23/h5-10,13,23H,2-4,11-12H2,1H3. The molecule has 1 aromatic heterocycles. The van der Waals surface area contributed by atoms with E-state index in [0.29, 0.717) is 6.42 Å². The molecule has 0 bridgehead atoms. The average molecular weight is 329 g/mol. The van der Waals surface area contributed by atoms with E-state index >= 15 is 0 Å². The molecule has 1 N–H and O–H groups in total. The summed E-state index contributed by atoms with van der Waals surface area (Å²) < 4.78 is 2.19. The molecule has 3 aromatic rings. The van der Waals surface area contributed by atoms with E-state index in [1.807, 2.05) is 18.2 Å². The van der Waals surface area contributed by atoms with Crippen molar-refractivity contribution in [1.29, 1.82) is 0 Å². The molecule has 0 radical (unpaired) electrons. The minimum absolute atomic E-state index is 0.171. The molecule has 23 heavy (non-hydrogen) atoms. The maximum atomic E-state index is 9.06. The zero-order chi connectivity index (χ0) is 16.2. The van der Waals surface area contributed by atoms with Gasteiger partial charge in [0.2, 0.25) is 0 Å². The topological polar surface area (TPSA) is 38.0 Å². The monoisotopic (exact) mass is 328 g/mol. The lowest BCUT2D eigenvalue weighted by atomic mass is 10.1. The van der Waals surface area contributed by atoms with Gasteiger partial charge in [0.05, 0.1) is 11.0 Å². The predicted octanol–water partition coefficient (Wildman–Crippen LogP) is 4.56. The highest BCUT2D eigenvalue weighted by molar-refractivity contribution is 6.31. The second-order valence-corrected chi connectivity index (χ2v) is 6.18. The van der Waals surface area contributed by atoms with Crippen molar-refractivity contribution in [3.63, 3.8) is 0 Å². The van der Waals surface area contributed by atoms with E-state index in [1.54, 1.807) is 0 Å². The molecule has 0 atom stereocenters. The minimum Gasteiger partial charge on any atom is -0.396 e. The highest BCUT2D eigenvalue weighted by Gasteiger charge is 2.12. The van der Waals surface area contributed by atoms with Crippen molar-refractivity contribution in [2.45, 2.75) is 32.6 Å². The number of aryl methyl sites for hydroxylation is 1. The van der Waals surface area contributed by atoms with Gasteiger partial charge in [-0.25, -0.2) is 4.98 Å². The van der Waals surface area contributed by atoms with Crippen LogP contribution in [0.15, 0.2) is 42.5 Å². The number of imidazole rings is 1. The van der Waals surface area contributed by atoms with E-state index in [0.717, 1.165) is 52.4 Å². The van der Waals surface area contributed by atoms with Crippen LogP contribution in [0.25, 0.3) is 16.7 Å². The Hall–Kier alpha value is -1.84. The van der Waals surface area contributed by atoms with Crippen LogP contribution in [0, 0.1) is 0 Å². The minimum atomic E-state index is 0.171. The van der Waals surface area contributed by atoms with E-state index in [9.17, 15) is 0 Å². The summed E-state index contributed by atoms with van der Waals surface area (Å²) in [6.45, 7) is 2.36. The average Bonchev–Trinajstić information content (AvgIpc) is 2.91. The van der Waals surface area contributed by atoms with Crippen LogP contribution < -0.4 is 0 Å². The van der Waals surface area contributed by atoms with Gasteiger partial charge in [0.25, 0.3) is 0 Å². The quantitative estimate of drug-likeness (QED) is 0.720. The normalized spacial score (nSPS) is 11.3. The first-order chi connectivity index (χ1) is 11.2. The second-order valence-electron chi connectivity index (χ2n) is 5.74. The van der Waals surface area contributed by atoms with Crippen molar-refractivity contribution in [1.82, 2.24) is 9.55 Å². The first-order valence-electron chi connectivity index (χ1n) is 8.10. The maximum Gasteiger partial charge on any atom is 0.114 e. The number of benzene rings is 2. The van der Waals surface area contributed by atoms with Gasteiger partial charge in [0.15, 0.2) is 0 Å². The fraction of sp³-hybridized carbons (Fsp3) is 0.316. The molecule has 1 heterocycles. The fourth-order valence-corrected chi connectivity index (χ4v) is 3.00. The Balaban J connectivity index is 2.10. The van der Waals surface area contributed by atoms with Gasteiger partial charge < -0.3 is 5.11 Å². The number of aliphatic hydroxyl groups is 1. The molecule has 0 aliphatic carbocycles. The number of unbranched alkanes of at least 4 members (excludes halogenated alkanes) is 1. The summed E-state index contributed by atoms with van der Waals surface area (Å²) in [5.41, 5.74) is 4.23. The number of nitrogens with zero attached hydrogens (tertiary/aromatic N) is 2. The van der Waals surface area contributed by atoms with E-state index < -0.39 is 0 Å². The van der Waals surface area contributed by atoms with Gasteiger partial charge in [-0.1, -0.05) is 37.1 Å². The Labute approximate surface area is 141 Å². The number of hydrogen-bond donors (Lipinski definition) is 1. The molecule has 0 aliphatic rings. The van der Waals surface area contributed by atoms with Crippen molar-refractivity contribution in [2.24, 2.45) is 0 Å². The van der Waals surface area contributed by atoms with Crippen LogP contribution in [0.3, 0.4) is 0 Å². The third kappa shape index (κ3) is 3.41. The SMILES string of the molecule is CCCCc1nc2ccc(Cl)cc2n1-c1ccc(CCO)cc1. The smallest absolute Gasteiger partial charge is 0.114 e. The van der Waals surface area contributed by atoms with Crippen molar-refractivity contribution in [3.05, 3.63) is 58.9 Å². The summed E-state index contributed by atoms with van der Waals surface area (Å²) in [7, 11) is 0. The molecule has 0 saturated heterocycles. The number of halogens is 1. The molecule has 0 amide bonds. The number of hydrogen-bond acceptors (Lipinski definition) is 2. The lowest BCUT2D eigenvalue weighted by Gasteiger charge is -2.10. The third-order valence-corrected chi connectivity index (χ3v) is 4.27. The summed E-state index contributed by atoms with van der Waals surface area (Å²) in [4.78, 5) is 4.79. The highest BCUT2D eigenvalue weighted by atomic mass is 35.5. The van der Waals surface area contributed by atoms with E-state index in [2.05, 4.69) is 35.8 Å². The number of aliphatic hydroxyl groups excluding tert-OH is 1. The lowest BCUT2D eigenvalue weighted by Crippen LogP contribution is -2.02. The Morgan fingerprint density at radius 1 is 1.09 bits per heavy atom. The third-order valence-electron chi connectivity index (χ3n) is 4.03. The van der Waals surface area contributed by atoms with Crippen molar-refractivity contribution in [3.8, 4) is 5.69 Å². The Bertz CT molecular complexity index is 793. The molecular formula is C19H21ClN2O. The van der Waals surface area contributed by atoms with Gasteiger partial charge in [0.1, 0.15) is 5.82 Å². The number of aromatic nitrogens is 2. The molecule has 2 aromatic carbocycles. The number of rotatable bonds is 6. The molecule has 0 aliphatic heterocycles. The highest BCUT2D eigenvalue weighted by Crippen LogP contribution is 2.25. The van der Waals surface area contributed by atoms with Crippen LogP contribution in [0.1, 0.15) is 31.2 Å². The van der Waals surface area contributed by atoms with Crippen molar-refractivity contribution < 1.29 is 5.11 Å². The van der Waals surface area contributed by atoms with E-state index in [-0.39, 0.29) is 6.61 Å². The van der Waals surface area contributed by atoms with Crippen molar-refractivity contribution in [2.75, 3.05) is 6.61 Å². The van der Waals surface area contributed by atoms with Gasteiger partial charge in [-0.15, -0.1) is 0 Å². The zero-order valence-corrected chi connectivity index (χ0v) is 14.1. The van der Waals surface area contributed by atoms with Crippen LogP contribution in [-0.2, 0) is 12.8 Å². The largest absolute Gasteiger partial charge is 0.396 e. The first-order valence-corrected chi connectivity index (χ1v) is 8.47. The van der Waals surface area contributed by atoms with Gasteiger partial charge in [-0.3, -0.25) is 4.57 Å². The van der Waals surface area contributed by atoms with Crippen LogP contribution in [0.2, 0.25) is 5.02 Å². The molecule has 3 nitrogen and oxygen atoms in total. The second kappa shape index (κ2) is 7.16. The summed E-state index contributed by atoms with van der Waals surface area (Å²) in [6.07, 6.45) is 3.87. The molecule has 3 rings (SSSR count). The van der Waals surface area contributed by atoms with Crippen LogP contribution in [0.4, 0.5) is 0 Å². The van der Waals surface area contributed by atoms with Crippen LogP contribution in [0.5, 0.6) is 0 Å². The van der Waals surface area contributed by atoms with Gasteiger partial charge in [-0.2, -0.15) is 0 Å². The van der Waals surface area contributed by atoms with Gasteiger partial charge in [0, 0.05) is 23.7 Å². The summed E-state index contributed by atoms with van der Waals surface area (Å²) in [6, 6.07) is 14.1. The van der Waals surface area contributed by atoms with Crippen LogP contribution >= 0.6 is 11.6 Å². The molecule has 120 valence electrons. The lowest BCUT2D eigenvalue weighted by molar-refractivity contribution is 0.299. The molecule has 0 saturated carbocycles. The van der Waals surface area contributed by atoms with Gasteiger partial charge in [-0.05, 0) is 48.7 Å². The van der Waals surface area contributed by atoms with Crippen LogP contribution in [-0.4, -0.2) is 21.3 Å². The predicted molar refractivity (Wildman–Crippen MR) is 95.5 cm³/mol. The molecule has 4 heteroatoms. The van der Waals surface area contributed by atoms with Gasteiger partial charge >= 0.3 is 0 Å². The summed E-state index contributed by atoms with van der Waals surface area (Å²) in [5.74, 6) is 1.07. The van der Waals surface area contributed by atoms with Crippen molar-refractivity contribution >= 4 is 22.6 Å². The molecule has 0 fully saturated rings. The Morgan fingerprint density at radius 2 is 1.87 bits per heavy atom. The van der Waals surface area contributed by atoms with E-state index in [4.69, 9.17) is 21.7 Å². The van der Waals surface area contributed by atoms with E-state index in [1.165, 1.54) is 0 Å². The molecule has 0 spiro atoms. The maximum absolute atomic E-state index is 9.06. The molecule has 0 unspecified atom stereocenters. The summed E-state index contributed by atoms with van der Waals surface area (Å²) >= 11 is 6.19. The zero-order valence-electron chi connectivity index (χ0n) is 13.3. The Morgan fingerprint density at radius 3 is 2.57 bits per heavy atom. The summed E-state index contributed by atoms with van der Waals surface area (Å²) in [5, 5.41) is 9.78. The molecular weight excluding hydrogens is 308 g/mol. The Kier molecular flexibility index (Phi) is 4.99.